The van der Waals surface area contributed by atoms with Crippen molar-refractivity contribution in [3.8, 4) is 0 Å². The average molecular weight is 571 g/mol. The quantitative estimate of drug-likeness (QED) is 0.434. The second kappa shape index (κ2) is 11.3. The van der Waals surface area contributed by atoms with Crippen LogP contribution in [-0.2, 0) is 19.4 Å². The molecule has 37 heavy (non-hydrogen) atoms. The number of hydrogen-bond donors (Lipinski definition) is 2. The van der Waals surface area contributed by atoms with Crippen molar-refractivity contribution in [1.82, 2.24) is 4.90 Å². The van der Waals surface area contributed by atoms with Crippen LogP contribution in [0.25, 0.3) is 0 Å². The van der Waals surface area contributed by atoms with Crippen LogP contribution in [0, 0.1) is 5.92 Å². The molecular weight excluding hydrogens is 537 g/mol. The molecule has 2 aromatic rings. The zero-order chi connectivity index (χ0) is 27.7. The molecule has 10 heteroatoms. The fraction of sp³-hybridized carbons (Fsp3) is 0.481. The summed E-state index contributed by atoms with van der Waals surface area (Å²) in [5, 5.41) is 21.4. The summed E-state index contributed by atoms with van der Waals surface area (Å²) >= 11 is 12.4. The second-order valence-corrected chi connectivity index (χ2v) is 13.8. The topological polar surface area (TPSA) is 112 Å². The summed E-state index contributed by atoms with van der Waals surface area (Å²) in [6.45, 7) is 6.78. The number of carbonyl (C=O) groups excluding carboxylic acids is 1. The van der Waals surface area contributed by atoms with E-state index in [1.54, 1.807) is 56.3 Å². The Kier molecular flexibility index (Phi) is 9.00. The lowest BCUT2D eigenvalue weighted by atomic mass is 9.71. The van der Waals surface area contributed by atoms with Crippen LogP contribution in [0.3, 0.4) is 0 Å². The number of benzene rings is 2. The number of amides is 1. The first-order valence-electron chi connectivity index (χ1n) is 12.2. The molecule has 202 valence electrons. The van der Waals surface area contributed by atoms with E-state index in [0.717, 1.165) is 0 Å². The van der Waals surface area contributed by atoms with Crippen molar-refractivity contribution in [3.63, 3.8) is 0 Å². The molecule has 3 rings (SSSR count). The molecule has 0 aliphatic carbocycles. The van der Waals surface area contributed by atoms with Crippen molar-refractivity contribution in [2.45, 2.75) is 69.4 Å². The van der Waals surface area contributed by atoms with Gasteiger partial charge in [0.25, 0.3) is 5.91 Å². The monoisotopic (exact) mass is 569 g/mol. The zero-order valence-electron chi connectivity index (χ0n) is 21.3. The highest BCUT2D eigenvalue weighted by Gasteiger charge is 2.55. The van der Waals surface area contributed by atoms with Crippen molar-refractivity contribution >= 4 is 44.9 Å². The Morgan fingerprint density at radius 2 is 1.68 bits per heavy atom. The molecule has 1 aliphatic heterocycles. The molecule has 0 aromatic heterocycles. The first-order chi connectivity index (χ1) is 17.2. The summed E-state index contributed by atoms with van der Waals surface area (Å²) in [5.74, 6) is -3.36. The molecule has 0 radical (unpaired) electrons. The predicted molar refractivity (Wildman–Crippen MR) is 145 cm³/mol. The minimum Gasteiger partial charge on any atom is -0.481 e. The Bertz CT molecular complexity index is 1250. The molecule has 1 aliphatic rings. The van der Waals surface area contributed by atoms with E-state index in [4.69, 9.17) is 23.2 Å². The molecule has 0 spiro atoms. The van der Waals surface area contributed by atoms with E-state index in [9.17, 15) is 28.2 Å². The lowest BCUT2D eigenvalue weighted by molar-refractivity contribution is -0.174. The fourth-order valence-electron chi connectivity index (χ4n) is 4.99. The van der Waals surface area contributed by atoms with Crippen molar-refractivity contribution in [2.75, 3.05) is 5.75 Å². The average Bonchev–Trinajstić information content (AvgIpc) is 2.79. The summed E-state index contributed by atoms with van der Waals surface area (Å²) in [6, 6.07) is 12.3. The molecule has 1 amide bonds. The number of hydrogen-bond acceptors (Lipinski definition) is 5. The maximum Gasteiger partial charge on any atom is 0.306 e. The number of aliphatic hydroxyl groups is 1. The SMILES string of the molecule is CC(C)C(CS(=O)(=O)C(C)C)N1C(=O)C(O)(CC(=O)O)C[C@H](c2cccc(Cl)c2)C1c1ccc(Cl)cc1. The molecule has 0 saturated carbocycles. The number of likely N-dealkylation sites (tertiary alicyclic amines) is 1. The second-order valence-electron chi connectivity index (χ2n) is 10.4. The molecular formula is C27H33Cl2NO6S. The van der Waals surface area contributed by atoms with Crippen LogP contribution in [0.1, 0.15) is 63.6 Å². The highest BCUT2D eigenvalue weighted by atomic mass is 35.5. The van der Waals surface area contributed by atoms with Gasteiger partial charge < -0.3 is 15.1 Å². The fourth-order valence-corrected chi connectivity index (χ4v) is 6.72. The summed E-state index contributed by atoms with van der Waals surface area (Å²) in [5.41, 5.74) is -0.855. The number of carboxylic acid groups (broad SMARTS) is 1. The van der Waals surface area contributed by atoms with Crippen molar-refractivity contribution in [3.05, 3.63) is 69.7 Å². The molecule has 1 heterocycles. The third kappa shape index (κ3) is 6.48. The minimum absolute atomic E-state index is 0.177. The molecule has 0 bridgehead atoms. The van der Waals surface area contributed by atoms with E-state index < -0.39 is 57.0 Å². The van der Waals surface area contributed by atoms with Crippen LogP contribution in [0.5, 0.6) is 0 Å². The number of piperidine rings is 1. The number of rotatable bonds is 9. The standard InChI is InChI=1S/C27H33Cl2NO6S/c1-16(2)23(15-37(35,36)17(3)4)30-25(18-8-10-20(28)11-9-18)22(19-6-5-7-21(29)12-19)13-27(34,26(30)33)14-24(31)32/h5-12,16-17,22-23,25,34H,13-15H2,1-4H3,(H,31,32)/t22-,23?,25?,27?/m1/s1. The van der Waals surface area contributed by atoms with Gasteiger partial charge in [0, 0.05) is 22.0 Å². The van der Waals surface area contributed by atoms with Gasteiger partial charge in [-0.3, -0.25) is 9.59 Å². The highest BCUT2D eigenvalue weighted by molar-refractivity contribution is 7.92. The maximum atomic E-state index is 14.0. The predicted octanol–water partition coefficient (Wildman–Crippen LogP) is 5.10. The van der Waals surface area contributed by atoms with Gasteiger partial charge in [0.2, 0.25) is 0 Å². The number of carboxylic acids is 1. The van der Waals surface area contributed by atoms with Gasteiger partial charge in [-0.05, 0) is 61.6 Å². The minimum atomic E-state index is -3.61. The highest BCUT2D eigenvalue weighted by Crippen LogP contribution is 2.49. The summed E-state index contributed by atoms with van der Waals surface area (Å²) in [6.07, 6.45) is -0.988. The number of nitrogens with zero attached hydrogens (tertiary/aromatic N) is 1. The Balaban J connectivity index is 2.30. The first-order valence-corrected chi connectivity index (χ1v) is 14.6. The normalized spacial score (nSPS) is 23.5. The summed E-state index contributed by atoms with van der Waals surface area (Å²) in [4.78, 5) is 27.2. The van der Waals surface area contributed by atoms with Crippen LogP contribution in [0.15, 0.2) is 48.5 Å². The molecule has 7 nitrogen and oxygen atoms in total. The van der Waals surface area contributed by atoms with Crippen molar-refractivity contribution < 1.29 is 28.2 Å². The molecule has 3 unspecified atom stereocenters. The Labute approximate surface area is 228 Å². The third-order valence-electron chi connectivity index (χ3n) is 7.05. The largest absolute Gasteiger partial charge is 0.481 e. The van der Waals surface area contributed by atoms with E-state index in [-0.39, 0.29) is 18.1 Å². The van der Waals surface area contributed by atoms with Gasteiger partial charge in [-0.1, -0.05) is 61.3 Å². The first kappa shape index (κ1) is 29.4. The van der Waals surface area contributed by atoms with Gasteiger partial charge in [0.15, 0.2) is 15.4 Å². The lowest BCUT2D eigenvalue weighted by Crippen LogP contribution is -2.62. The molecule has 1 fully saturated rings. The van der Waals surface area contributed by atoms with Crippen LogP contribution in [0.4, 0.5) is 0 Å². The lowest BCUT2D eigenvalue weighted by Gasteiger charge is -2.52. The Morgan fingerprint density at radius 3 is 2.19 bits per heavy atom. The van der Waals surface area contributed by atoms with Crippen LogP contribution < -0.4 is 0 Å². The zero-order valence-corrected chi connectivity index (χ0v) is 23.6. The van der Waals surface area contributed by atoms with Gasteiger partial charge >= 0.3 is 5.97 Å². The van der Waals surface area contributed by atoms with Crippen LogP contribution in [0.2, 0.25) is 10.0 Å². The van der Waals surface area contributed by atoms with Gasteiger partial charge in [0.1, 0.15) is 0 Å². The van der Waals surface area contributed by atoms with Gasteiger partial charge in [0.05, 0.1) is 23.5 Å². The van der Waals surface area contributed by atoms with Gasteiger partial charge in [-0.15, -0.1) is 0 Å². The molecule has 2 N–H and O–H groups in total. The van der Waals surface area contributed by atoms with Crippen molar-refractivity contribution in [1.29, 1.82) is 0 Å². The van der Waals surface area contributed by atoms with E-state index in [1.165, 1.54) is 4.90 Å². The molecule has 2 aromatic carbocycles. The summed E-state index contributed by atoms with van der Waals surface area (Å²) < 4.78 is 26.2. The summed E-state index contributed by atoms with van der Waals surface area (Å²) in [7, 11) is -3.61. The van der Waals surface area contributed by atoms with E-state index in [2.05, 4.69) is 0 Å². The van der Waals surface area contributed by atoms with Crippen LogP contribution >= 0.6 is 23.2 Å². The van der Waals surface area contributed by atoms with E-state index in [1.807, 2.05) is 19.9 Å². The molecule has 1 saturated heterocycles. The van der Waals surface area contributed by atoms with E-state index in [0.29, 0.717) is 21.2 Å². The Morgan fingerprint density at radius 1 is 1.05 bits per heavy atom. The van der Waals surface area contributed by atoms with Crippen molar-refractivity contribution in [2.24, 2.45) is 5.92 Å². The van der Waals surface area contributed by atoms with Gasteiger partial charge in [-0.25, -0.2) is 8.42 Å². The molecule has 4 atom stereocenters. The van der Waals surface area contributed by atoms with Gasteiger partial charge in [-0.2, -0.15) is 0 Å². The third-order valence-corrected chi connectivity index (χ3v) is 9.78. The smallest absolute Gasteiger partial charge is 0.306 e. The maximum absolute atomic E-state index is 14.0. The number of carbonyl (C=O) groups is 2. The number of sulfone groups is 1. The number of halogens is 2. The number of aliphatic carboxylic acids is 1. The Hall–Kier alpha value is -2.13. The van der Waals surface area contributed by atoms with E-state index >= 15 is 0 Å². The van der Waals surface area contributed by atoms with Crippen LogP contribution in [-0.4, -0.2) is 58.1 Å².